The minimum Gasteiger partial charge on any atom is -0.335 e. The van der Waals surface area contributed by atoms with Gasteiger partial charge >= 0.3 is 0 Å². The SMILES string of the molecule is CC1Cc2ccccc2N1c1cnc(C(=O)N2CCN(C)CC2)cn1. The molecule has 0 radical (unpaired) electrons. The molecule has 1 fully saturated rings. The molecule has 25 heavy (non-hydrogen) atoms. The Bertz CT molecular complexity index is 768. The molecule has 2 aliphatic rings. The number of rotatable bonds is 2. The van der Waals surface area contributed by atoms with Crippen LogP contribution in [0.5, 0.6) is 0 Å². The van der Waals surface area contributed by atoms with Crippen LogP contribution in [-0.2, 0) is 6.42 Å². The van der Waals surface area contributed by atoms with Gasteiger partial charge in [-0.2, -0.15) is 0 Å². The average Bonchev–Trinajstić information content (AvgIpc) is 2.97. The summed E-state index contributed by atoms with van der Waals surface area (Å²) in [6.45, 7) is 5.48. The van der Waals surface area contributed by atoms with Crippen molar-refractivity contribution in [3.05, 3.63) is 47.9 Å². The molecule has 0 bridgehead atoms. The van der Waals surface area contributed by atoms with E-state index in [0.29, 0.717) is 11.7 Å². The van der Waals surface area contributed by atoms with Gasteiger partial charge in [0, 0.05) is 37.9 Å². The second kappa shape index (κ2) is 6.44. The van der Waals surface area contributed by atoms with E-state index in [1.807, 2.05) is 11.0 Å². The summed E-state index contributed by atoms with van der Waals surface area (Å²) in [6, 6.07) is 8.72. The molecule has 3 heterocycles. The third kappa shape index (κ3) is 2.98. The zero-order valence-corrected chi connectivity index (χ0v) is 14.7. The number of para-hydroxylation sites is 1. The van der Waals surface area contributed by atoms with Crippen LogP contribution in [0.1, 0.15) is 23.0 Å². The van der Waals surface area contributed by atoms with Crippen molar-refractivity contribution < 1.29 is 4.79 Å². The fourth-order valence-electron chi connectivity index (χ4n) is 3.64. The summed E-state index contributed by atoms with van der Waals surface area (Å²) in [4.78, 5) is 27.8. The standard InChI is InChI=1S/C19H23N5O/c1-14-11-15-5-3-4-6-17(15)24(14)18-13-20-16(12-21-18)19(25)23-9-7-22(2)8-10-23/h3-6,12-14H,7-11H2,1-2H3. The van der Waals surface area contributed by atoms with E-state index in [9.17, 15) is 4.79 Å². The molecule has 130 valence electrons. The number of nitrogens with zero attached hydrogens (tertiary/aromatic N) is 5. The first-order chi connectivity index (χ1) is 12.1. The Balaban J connectivity index is 1.54. The maximum atomic E-state index is 12.6. The molecule has 1 aromatic carbocycles. The molecule has 4 rings (SSSR count). The van der Waals surface area contributed by atoms with Gasteiger partial charge in [0.15, 0.2) is 5.82 Å². The Kier molecular flexibility index (Phi) is 4.13. The first-order valence-electron chi connectivity index (χ1n) is 8.80. The van der Waals surface area contributed by atoms with Crippen LogP contribution in [-0.4, -0.2) is 64.9 Å². The lowest BCUT2D eigenvalue weighted by molar-refractivity contribution is 0.0658. The molecule has 1 aromatic heterocycles. The van der Waals surface area contributed by atoms with Crippen LogP contribution < -0.4 is 4.90 Å². The smallest absolute Gasteiger partial charge is 0.274 e. The van der Waals surface area contributed by atoms with E-state index in [0.717, 1.165) is 38.4 Å². The van der Waals surface area contributed by atoms with Crippen molar-refractivity contribution in [2.24, 2.45) is 0 Å². The fourth-order valence-corrected chi connectivity index (χ4v) is 3.64. The first kappa shape index (κ1) is 16.0. The summed E-state index contributed by atoms with van der Waals surface area (Å²) in [5, 5.41) is 0. The molecule has 0 N–H and O–H groups in total. The highest BCUT2D eigenvalue weighted by Crippen LogP contribution is 2.36. The van der Waals surface area contributed by atoms with Crippen molar-refractivity contribution in [2.75, 3.05) is 38.1 Å². The van der Waals surface area contributed by atoms with Crippen LogP contribution in [0.15, 0.2) is 36.7 Å². The van der Waals surface area contributed by atoms with E-state index >= 15 is 0 Å². The number of carbonyl (C=O) groups excluding carboxylic acids is 1. The summed E-state index contributed by atoms with van der Waals surface area (Å²) in [7, 11) is 2.07. The zero-order valence-electron chi connectivity index (χ0n) is 14.7. The molecule has 1 unspecified atom stereocenters. The molecule has 0 aliphatic carbocycles. The number of aromatic nitrogens is 2. The number of fused-ring (bicyclic) bond motifs is 1. The van der Waals surface area contributed by atoms with Gasteiger partial charge in [0.2, 0.25) is 0 Å². The van der Waals surface area contributed by atoms with Crippen molar-refractivity contribution in [1.29, 1.82) is 0 Å². The summed E-state index contributed by atoms with van der Waals surface area (Å²) < 4.78 is 0. The van der Waals surface area contributed by atoms with Crippen molar-refractivity contribution >= 4 is 17.4 Å². The van der Waals surface area contributed by atoms with Gasteiger partial charge in [0.25, 0.3) is 5.91 Å². The highest BCUT2D eigenvalue weighted by atomic mass is 16.2. The Hall–Kier alpha value is -2.47. The summed E-state index contributed by atoms with van der Waals surface area (Å²) in [5.74, 6) is 0.773. The lowest BCUT2D eigenvalue weighted by Gasteiger charge is -2.32. The van der Waals surface area contributed by atoms with Crippen LogP contribution in [0.2, 0.25) is 0 Å². The van der Waals surface area contributed by atoms with Crippen molar-refractivity contribution in [1.82, 2.24) is 19.8 Å². The summed E-state index contributed by atoms with van der Waals surface area (Å²) in [5.41, 5.74) is 2.94. The molecule has 2 aromatic rings. The molecule has 2 aliphatic heterocycles. The second-order valence-corrected chi connectivity index (χ2v) is 6.91. The topological polar surface area (TPSA) is 52.6 Å². The predicted molar refractivity (Wildman–Crippen MR) is 97.2 cm³/mol. The molecule has 1 amide bonds. The lowest BCUT2D eigenvalue weighted by atomic mass is 10.1. The van der Waals surface area contributed by atoms with E-state index in [-0.39, 0.29) is 5.91 Å². The Morgan fingerprint density at radius 1 is 1.08 bits per heavy atom. The molecule has 0 saturated carbocycles. The summed E-state index contributed by atoms with van der Waals surface area (Å²) in [6.07, 6.45) is 4.34. The Labute approximate surface area is 148 Å². The number of benzene rings is 1. The van der Waals surface area contributed by atoms with Crippen molar-refractivity contribution in [3.63, 3.8) is 0 Å². The molecule has 6 nitrogen and oxygen atoms in total. The van der Waals surface area contributed by atoms with Gasteiger partial charge in [-0.15, -0.1) is 0 Å². The van der Waals surface area contributed by atoms with E-state index in [1.165, 1.54) is 11.3 Å². The number of likely N-dealkylation sites (N-methyl/N-ethyl adjacent to an activating group) is 1. The van der Waals surface area contributed by atoms with Gasteiger partial charge in [-0.25, -0.2) is 9.97 Å². The monoisotopic (exact) mass is 337 g/mol. The normalized spacial score (nSPS) is 20.6. The quantitative estimate of drug-likeness (QED) is 0.838. The third-order valence-corrected chi connectivity index (χ3v) is 5.10. The number of anilines is 2. The second-order valence-electron chi connectivity index (χ2n) is 6.91. The number of piperazine rings is 1. The maximum absolute atomic E-state index is 12.6. The lowest BCUT2D eigenvalue weighted by Crippen LogP contribution is -2.47. The van der Waals surface area contributed by atoms with Crippen LogP contribution in [0.25, 0.3) is 0 Å². The van der Waals surface area contributed by atoms with Crippen molar-refractivity contribution in [3.8, 4) is 0 Å². The maximum Gasteiger partial charge on any atom is 0.274 e. The van der Waals surface area contributed by atoms with Gasteiger partial charge in [-0.1, -0.05) is 18.2 Å². The van der Waals surface area contributed by atoms with Gasteiger partial charge in [-0.05, 0) is 32.0 Å². The Morgan fingerprint density at radius 2 is 1.84 bits per heavy atom. The third-order valence-electron chi connectivity index (χ3n) is 5.10. The van der Waals surface area contributed by atoms with E-state index in [1.54, 1.807) is 12.4 Å². The van der Waals surface area contributed by atoms with Gasteiger partial charge in [-0.3, -0.25) is 4.79 Å². The van der Waals surface area contributed by atoms with Gasteiger partial charge in [0.1, 0.15) is 5.69 Å². The molecule has 0 spiro atoms. The Morgan fingerprint density at radius 3 is 2.56 bits per heavy atom. The summed E-state index contributed by atoms with van der Waals surface area (Å²) >= 11 is 0. The highest BCUT2D eigenvalue weighted by Gasteiger charge is 2.28. The van der Waals surface area contributed by atoms with E-state index < -0.39 is 0 Å². The molecular weight excluding hydrogens is 314 g/mol. The number of hydrogen-bond acceptors (Lipinski definition) is 5. The first-order valence-corrected chi connectivity index (χ1v) is 8.80. The minimum absolute atomic E-state index is 0.0259. The van der Waals surface area contributed by atoms with Gasteiger partial charge < -0.3 is 14.7 Å². The van der Waals surface area contributed by atoms with E-state index in [2.05, 4.69) is 51.9 Å². The molecule has 1 atom stereocenters. The predicted octanol–water partition coefficient (Wildman–Crippen LogP) is 1.95. The molecular formula is C19H23N5O. The number of hydrogen-bond donors (Lipinski definition) is 0. The van der Waals surface area contributed by atoms with Crippen LogP contribution in [0.4, 0.5) is 11.5 Å². The largest absolute Gasteiger partial charge is 0.335 e. The zero-order chi connectivity index (χ0) is 17.4. The van der Waals surface area contributed by atoms with Gasteiger partial charge in [0.05, 0.1) is 12.4 Å². The van der Waals surface area contributed by atoms with Crippen molar-refractivity contribution in [2.45, 2.75) is 19.4 Å². The van der Waals surface area contributed by atoms with Crippen LogP contribution in [0.3, 0.4) is 0 Å². The fraction of sp³-hybridized carbons (Fsp3) is 0.421. The van der Waals surface area contributed by atoms with Crippen LogP contribution in [0, 0.1) is 0 Å². The molecule has 1 saturated heterocycles. The number of amides is 1. The molecule has 6 heteroatoms. The average molecular weight is 337 g/mol. The highest BCUT2D eigenvalue weighted by molar-refractivity contribution is 5.92. The van der Waals surface area contributed by atoms with Crippen LogP contribution >= 0.6 is 0 Å². The van der Waals surface area contributed by atoms with E-state index in [4.69, 9.17) is 0 Å². The minimum atomic E-state index is -0.0259. The number of carbonyl (C=O) groups is 1.